The minimum atomic E-state index is -0.384. The number of nitrogens with one attached hydrogen (secondary N) is 2. The summed E-state index contributed by atoms with van der Waals surface area (Å²) in [5.41, 5.74) is 0.703. The van der Waals surface area contributed by atoms with Crippen LogP contribution in [0.15, 0.2) is 24.3 Å². The molecular formula is C19H28Cl2N2O. The van der Waals surface area contributed by atoms with Crippen molar-refractivity contribution >= 4 is 29.9 Å². The van der Waals surface area contributed by atoms with E-state index >= 15 is 0 Å². The van der Waals surface area contributed by atoms with Crippen LogP contribution in [0, 0.1) is 5.92 Å². The van der Waals surface area contributed by atoms with Crippen molar-refractivity contribution in [3.8, 4) is 0 Å². The summed E-state index contributed by atoms with van der Waals surface area (Å²) < 4.78 is 0. The van der Waals surface area contributed by atoms with Gasteiger partial charge in [0.1, 0.15) is 0 Å². The average molecular weight is 371 g/mol. The van der Waals surface area contributed by atoms with E-state index < -0.39 is 0 Å². The molecule has 3 nitrogen and oxygen atoms in total. The van der Waals surface area contributed by atoms with Crippen molar-refractivity contribution in [1.82, 2.24) is 10.6 Å². The molecule has 1 heterocycles. The number of halogens is 2. The lowest BCUT2D eigenvalue weighted by Crippen LogP contribution is -2.48. The molecule has 24 heavy (non-hydrogen) atoms. The number of carbonyl (C=O) groups is 1. The summed E-state index contributed by atoms with van der Waals surface area (Å²) in [6.07, 6.45) is 7.74. The number of rotatable bonds is 4. The summed E-state index contributed by atoms with van der Waals surface area (Å²) >= 11 is 6.19. The Kier molecular flexibility index (Phi) is 7.39. The predicted molar refractivity (Wildman–Crippen MR) is 102 cm³/mol. The van der Waals surface area contributed by atoms with Crippen LogP contribution in [0.4, 0.5) is 0 Å². The molecule has 0 radical (unpaired) electrons. The fourth-order valence-corrected chi connectivity index (χ4v) is 4.28. The number of carbonyl (C=O) groups excluding carboxylic acids is 1. The van der Waals surface area contributed by atoms with Crippen LogP contribution < -0.4 is 10.6 Å². The van der Waals surface area contributed by atoms with Crippen molar-refractivity contribution in [2.24, 2.45) is 5.92 Å². The molecule has 0 spiro atoms. The van der Waals surface area contributed by atoms with Gasteiger partial charge in [-0.1, -0.05) is 43.0 Å². The van der Waals surface area contributed by atoms with Crippen molar-refractivity contribution in [1.29, 1.82) is 0 Å². The highest BCUT2D eigenvalue weighted by Crippen LogP contribution is 2.40. The van der Waals surface area contributed by atoms with E-state index in [1.807, 2.05) is 18.2 Å². The second-order valence-electron chi connectivity index (χ2n) is 7.08. The number of benzene rings is 1. The van der Waals surface area contributed by atoms with Gasteiger partial charge in [0.15, 0.2) is 0 Å². The summed E-state index contributed by atoms with van der Waals surface area (Å²) in [5, 5.41) is 7.40. The van der Waals surface area contributed by atoms with E-state index in [4.69, 9.17) is 11.6 Å². The number of hydrogen-bond acceptors (Lipinski definition) is 2. The smallest absolute Gasteiger partial charge is 0.230 e. The molecule has 1 aliphatic carbocycles. The molecule has 1 aromatic rings. The zero-order chi connectivity index (χ0) is 16.1. The molecule has 0 aromatic heterocycles. The van der Waals surface area contributed by atoms with Crippen LogP contribution in [-0.2, 0) is 10.2 Å². The van der Waals surface area contributed by atoms with Crippen molar-refractivity contribution in [2.75, 3.05) is 19.6 Å². The fraction of sp³-hybridized carbons (Fsp3) is 0.632. The van der Waals surface area contributed by atoms with Gasteiger partial charge in [0.2, 0.25) is 5.91 Å². The Morgan fingerprint density at radius 1 is 1.25 bits per heavy atom. The van der Waals surface area contributed by atoms with Gasteiger partial charge in [-0.05, 0) is 62.4 Å². The molecule has 3 rings (SSSR count). The average Bonchev–Trinajstić information content (AvgIpc) is 2.61. The van der Waals surface area contributed by atoms with Gasteiger partial charge < -0.3 is 10.6 Å². The highest BCUT2D eigenvalue weighted by atomic mass is 35.5. The molecule has 1 aliphatic heterocycles. The molecule has 1 unspecified atom stereocenters. The first kappa shape index (κ1) is 19.6. The molecule has 5 heteroatoms. The standard InChI is InChI=1S/C19H27ClN2O.ClH/c20-17-8-4-7-16(12-17)19(9-2-1-3-10-19)18(23)22-14-15-6-5-11-21-13-15;/h4,7-8,12,15,21H,1-3,5-6,9-11,13-14H2,(H,22,23);1H. The van der Waals surface area contributed by atoms with Crippen LogP contribution in [-0.4, -0.2) is 25.5 Å². The van der Waals surface area contributed by atoms with Gasteiger partial charge in [0, 0.05) is 11.6 Å². The Hall–Kier alpha value is -0.770. The summed E-state index contributed by atoms with van der Waals surface area (Å²) in [6.45, 7) is 2.91. The van der Waals surface area contributed by atoms with E-state index in [9.17, 15) is 4.79 Å². The highest BCUT2D eigenvalue weighted by Gasteiger charge is 2.41. The number of piperidine rings is 1. The lowest BCUT2D eigenvalue weighted by atomic mass is 9.68. The van der Waals surface area contributed by atoms with Crippen LogP contribution in [0.5, 0.6) is 0 Å². The van der Waals surface area contributed by atoms with Crippen LogP contribution in [0.1, 0.15) is 50.5 Å². The first-order valence-corrected chi connectivity index (χ1v) is 9.33. The first-order valence-electron chi connectivity index (χ1n) is 8.96. The molecule has 2 N–H and O–H groups in total. The lowest BCUT2D eigenvalue weighted by Gasteiger charge is -2.37. The SMILES string of the molecule is Cl.O=C(NCC1CCCNC1)C1(c2cccc(Cl)c2)CCCCC1. The third kappa shape index (κ3) is 4.44. The maximum atomic E-state index is 13.1. The second kappa shape index (κ2) is 9.07. The molecule has 1 aromatic carbocycles. The molecular weight excluding hydrogens is 343 g/mol. The molecule has 1 amide bonds. The molecule has 2 aliphatic rings. The van der Waals surface area contributed by atoms with E-state index in [2.05, 4.69) is 16.7 Å². The summed E-state index contributed by atoms with van der Waals surface area (Å²) in [6, 6.07) is 7.90. The normalized spacial score (nSPS) is 23.1. The minimum Gasteiger partial charge on any atom is -0.355 e. The lowest BCUT2D eigenvalue weighted by molar-refractivity contribution is -0.128. The summed E-state index contributed by atoms with van der Waals surface area (Å²) in [7, 11) is 0. The second-order valence-corrected chi connectivity index (χ2v) is 7.51. The zero-order valence-electron chi connectivity index (χ0n) is 14.2. The topological polar surface area (TPSA) is 41.1 Å². The highest BCUT2D eigenvalue weighted by molar-refractivity contribution is 6.30. The van der Waals surface area contributed by atoms with Gasteiger partial charge in [-0.25, -0.2) is 0 Å². The van der Waals surface area contributed by atoms with Crippen molar-refractivity contribution in [3.63, 3.8) is 0 Å². The first-order chi connectivity index (χ1) is 11.2. The Labute approximate surface area is 156 Å². The Morgan fingerprint density at radius 3 is 2.71 bits per heavy atom. The molecule has 1 atom stereocenters. The third-order valence-electron chi connectivity index (χ3n) is 5.47. The maximum absolute atomic E-state index is 13.1. The van der Waals surface area contributed by atoms with E-state index in [0.29, 0.717) is 5.92 Å². The van der Waals surface area contributed by atoms with Crippen molar-refractivity contribution in [2.45, 2.75) is 50.4 Å². The van der Waals surface area contributed by atoms with E-state index in [-0.39, 0.29) is 23.7 Å². The Bertz CT molecular complexity index is 538. The van der Waals surface area contributed by atoms with Gasteiger partial charge in [0.05, 0.1) is 5.41 Å². The van der Waals surface area contributed by atoms with E-state index in [1.54, 1.807) is 0 Å². The summed E-state index contributed by atoms with van der Waals surface area (Å²) in [4.78, 5) is 13.1. The van der Waals surface area contributed by atoms with Gasteiger partial charge >= 0.3 is 0 Å². The van der Waals surface area contributed by atoms with Crippen molar-refractivity contribution in [3.05, 3.63) is 34.9 Å². The fourth-order valence-electron chi connectivity index (χ4n) is 4.09. The van der Waals surface area contributed by atoms with Gasteiger partial charge in [-0.2, -0.15) is 0 Å². The van der Waals surface area contributed by atoms with Gasteiger partial charge in [-0.15, -0.1) is 12.4 Å². The predicted octanol–water partition coefficient (Wildman–Crippen LogP) is 4.08. The van der Waals surface area contributed by atoms with Crippen LogP contribution >= 0.6 is 24.0 Å². The molecule has 134 valence electrons. The third-order valence-corrected chi connectivity index (χ3v) is 5.70. The van der Waals surface area contributed by atoms with E-state index in [0.717, 1.165) is 55.9 Å². The Balaban J connectivity index is 0.00000208. The van der Waals surface area contributed by atoms with Gasteiger partial charge in [0.25, 0.3) is 0 Å². The summed E-state index contributed by atoms with van der Waals surface area (Å²) in [5.74, 6) is 0.762. The van der Waals surface area contributed by atoms with Gasteiger partial charge in [-0.3, -0.25) is 4.79 Å². The zero-order valence-corrected chi connectivity index (χ0v) is 15.7. The monoisotopic (exact) mass is 370 g/mol. The quantitative estimate of drug-likeness (QED) is 0.838. The van der Waals surface area contributed by atoms with E-state index in [1.165, 1.54) is 19.3 Å². The van der Waals surface area contributed by atoms with Crippen molar-refractivity contribution < 1.29 is 4.79 Å². The van der Waals surface area contributed by atoms with Crippen LogP contribution in [0.2, 0.25) is 5.02 Å². The molecule has 1 saturated heterocycles. The molecule has 1 saturated carbocycles. The maximum Gasteiger partial charge on any atom is 0.230 e. The number of amides is 1. The Morgan fingerprint density at radius 2 is 2.04 bits per heavy atom. The number of hydrogen-bond donors (Lipinski definition) is 2. The molecule has 0 bridgehead atoms. The largest absolute Gasteiger partial charge is 0.355 e. The van der Waals surface area contributed by atoms with Crippen LogP contribution in [0.3, 0.4) is 0 Å². The molecule has 2 fully saturated rings. The van der Waals surface area contributed by atoms with Crippen LogP contribution in [0.25, 0.3) is 0 Å². The minimum absolute atomic E-state index is 0.